The molecular formula is C18H17Cl2N3O3. The van der Waals surface area contributed by atoms with Gasteiger partial charge in [-0.25, -0.2) is 5.43 Å². The Hall–Kier alpha value is -2.57. The number of hydrogen-bond acceptors (Lipinski definition) is 4. The standard InChI is InChI=1S/C18H17Cl2N3O3/c1-2-26-15-7-5-14(6-8-15)22-17(24)10-18(25)23-21-11-12-3-4-13(19)9-16(12)20/h3-9,11H,2,10H2,1H3,(H,22,24)(H,23,25). The fourth-order valence-electron chi connectivity index (χ4n) is 1.97. The third-order valence-corrected chi connectivity index (χ3v) is 3.69. The Kier molecular flexibility index (Phi) is 7.44. The molecule has 0 saturated carbocycles. The maximum Gasteiger partial charge on any atom is 0.249 e. The van der Waals surface area contributed by atoms with Gasteiger partial charge in [0, 0.05) is 16.3 Å². The van der Waals surface area contributed by atoms with E-state index in [0.29, 0.717) is 33.7 Å². The average Bonchev–Trinajstić information content (AvgIpc) is 2.59. The number of rotatable bonds is 7. The van der Waals surface area contributed by atoms with E-state index in [4.69, 9.17) is 27.9 Å². The average molecular weight is 394 g/mol. The zero-order valence-electron chi connectivity index (χ0n) is 14.0. The predicted octanol–water partition coefficient (Wildman–Crippen LogP) is 3.87. The van der Waals surface area contributed by atoms with Crippen LogP contribution in [-0.2, 0) is 9.59 Å². The Bertz CT molecular complexity index is 808. The summed E-state index contributed by atoms with van der Waals surface area (Å²) in [5, 5.41) is 7.31. The van der Waals surface area contributed by atoms with Crippen molar-refractivity contribution in [3.8, 4) is 5.75 Å². The molecule has 0 fully saturated rings. The molecule has 2 N–H and O–H groups in total. The summed E-state index contributed by atoms with van der Waals surface area (Å²) in [5.41, 5.74) is 3.44. The smallest absolute Gasteiger partial charge is 0.249 e. The van der Waals surface area contributed by atoms with Crippen molar-refractivity contribution in [2.24, 2.45) is 5.10 Å². The van der Waals surface area contributed by atoms with Crippen molar-refractivity contribution in [3.05, 3.63) is 58.1 Å². The second-order valence-corrected chi connectivity index (χ2v) is 5.98. The van der Waals surface area contributed by atoms with E-state index in [-0.39, 0.29) is 6.42 Å². The molecule has 0 atom stereocenters. The summed E-state index contributed by atoms with van der Waals surface area (Å²) in [6, 6.07) is 11.7. The number of hydrazone groups is 1. The molecule has 0 radical (unpaired) electrons. The van der Waals surface area contributed by atoms with E-state index < -0.39 is 11.8 Å². The minimum atomic E-state index is -0.547. The van der Waals surface area contributed by atoms with E-state index in [1.54, 1.807) is 42.5 Å². The van der Waals surface area contributed by atoms with Crippen LogP contribution in [0.5, 0.6) is 5.75 Å². The van der Waals surface area contributed by atoms with Crippen LogP contribution >= 0.6 is 23.2 Å². The normalized spacial score (nSPS) is 10.6. The van der Waals surface area contributed by atoms with E-state index in [9.17, 15) is 9.59 Å². The lowest BCUT2D eigenvalue weighted by molar-refractivity contribution is -0.126. The highest BCUT2D eigenvalue weighted by Gasteiger charge is 2.09. The molecule has 0 aliphatic carbocycles. The number of benzene rings is 2. The lowest BCUT2D eigenvalue weighted by Gasteiger charge is -2.06. The molecule has 0 bridgehead atoms. The number of carbonyl (C=O) groups excluding carboxylic acids is 2. The molecule has 0 aromatic heterocycles. The molecule has 2 amide bonds. The van der Waals surface area contributed by atoms with Crippen LogP contribution in [0.25, 0.3) is 0 Å². The Labute approximate surface area is 161 Å². The maximum atomic E-state index is 11.9. The molecule has 26 heavy (non-hydrogen) atoms. The van der Waals surface area contributed by atoms with Crippen LogP contribution < -0.4 is 15.5 Å². The molecule has 0 aliphatic rings. The summed E-state index contributed by atoms with van der Waals surface area (Å²) in [7, 11) is 0. The predicted molar refractivity (Wildman–Crippen MR) is 103 cm³/mol. The molecule has 8 heteroatoms. The van der Waals surface area contributed by atoms with Crippen LogP contribution in [0.2, 0.25) is 10.0 Å². The van der Waals surface area contributed by atoms with Crippen LogP contribution in [0.4, 0.5) is 5.69 Å². The highest BCUT2D eigenvalue weighted by Crippen LogP contribution is 2.19. The third kappa shape index (κ3) is 6.38. The number of ether oxygens (including phenoxy) is 1. The van der Waals surface area contributed by atoms with Gasteiger partial charge < -0.3 is 10.1 Å². The molecular weight excluding hydrogens is 377 g/mol. The number of carbonyl (C=O) groups is 2. The van der Waals surface area contributed by atoms with Crippen molar-refractivity contribution in [2.75, 3.05) is 11.9 Å². The molecule has 2 aromatic rings. The van der Waals surface area contributed by atoms with Crippen LogP contribution in [0.1, 0.15) is 18.9 Å². The Morgan fingerprint density at radius 2 is 1.85 bits per heavy atom. The lowest BCUT2D eigenvalue weighted by Crippen LogP contribution is -2.24. The first-order chi connectivity index (χ1) is 12.5. The van der Waals surface area contributed by atoms with Gasteiger partial charge in [-0.2, -0.15) is 5.10 Å². The first kappa shape index (κ1) is 19.8. The number of amides is 2. The van der Waals surface area contributed by atoms with Gasteiger partial charge in [0.2, 0.25) is 11.8 Å². The lowest BCUT2D eigenvalue weighted by atomic mass is 10.2. The second kappa shape index (κ2) is 9.79. The van der Waals surface area contributed by atoms with Crippen LogP contribution in [0, 0.1) is 0 Å². The molecule has 0 saturated heterocycles. The minimum Gasteiger partial charge on any atom is -0.494 e. The number of hydrogen-bond donors (Lipinski definition) is 2. The Balaban J connectivity index is 1.81. The molecule has 136 valence electrons. The zero-order valence-corrected chi connectivity index (χ0v) is 15.5. The quantitative estimate of drug-likeness (QED) is 0.425. The molecule has 2 aromatic carbocycles. The van der Waals surface area contributed by atoms with Crippen molar-refractivity contribution in [1.82, 2.24) is 5.43 Å². The van der Waals surface area contributed by atoms with Gasteiger partial charge in [-0.1, -0.05) is 29.3 Å². The fourth-order valence-corrected chi connectivity index (χ4v) is 2.43. The third-order valence-electron chi connectivity index (χ3n) is 3.13. The van der Waals surface area contributed by atoms with Crippen molar-refractivity contribution in [1.29, 1.82) is 0 Å². The highest BCUT2D eigenvalue weighted by molar-refractivity contribution is 6.36. The maximum absolute atomic E-state index is 11.9. The topological polar surface area (TPSA) is 79.8 Å². The minimum absolute atomic E-state index is 0.362. The van der Waals surface area contributed by atoms with E-state index in [1.165, 1.54) is 6.21 Å². The summed E-state index contributed by atoms with van der Waals surface area (Å²) in [5.74, 6) is -0.292. The number of anilines is 1. The SMILES string of the molecule is CCOc1ccc(NC(=O)CC(=O)NN=Cc2ccc(Cl)cc2Cl)cc1. The largest absolute Gasteiger partial charge is 0.494 e. The van der Waals surface area contributed by atoms with Gasteiger partial charge in [-0.15, -0.1) is 0 Å². The van der Waals surface area contributed by atoms with Crippen molar-refractivity contribution in [3.63, 3.8) is 0 Å². The van der Waals surface area contributed by atoms with Crippen molar-refractivity contribution in [2.45, 2.75) is 13.3 Å². The van der Waals surface area contributed by atoms with Crippen LogP contribution in [0.3, 0.4) is 0 Å². The molecule has 2 rings (SSSR count). The van der Waals surface area contributed by atoms with Gasteiger partial charge in [0.15, 0.2) is 0 Å². The number of nitrogens with one attached hydrogen (secondary N) is 2. The number of nitrogens with zero attached hydrogens (tertiary/aromatic N) is 1. The van der Waals surface area contributed by atoms with Crippen molar-refractivity contribution < 1.29 is 14.3 Å². The summed E-state index contributed by atoms with van der Waals surface area (Å²) in [4.78, 5) is 23.6. The summed E-state index contributed by atoms with van der Waals surface area (Å²) in [6.07, 6.45) is 1.01. The van der Waals surface area contributed by atoms with Crippen LogP contribution in [0.15, 0.2) is 47.6 Å². The van der Waals surface area contributed by atoms with Gasteiger partial charge in [0.25, 0.3) is 0 Å². The summed E-state index contributed by atoms with van der Waals surface area (Å²) >= 11 is 11.8. The zero-order chi connectivity index (χ0) is 18.9. The first-order valence-corrected chi connectivity index (χ1v) is 8.53. The van der Waals surface area contributed by atoms with Gasteiger partial charge in [-0.05, 0) is 43.3 Å². The highest BCUT2D eigenvalue weighted by atomic mass is 35.5. The van der Waals surface area contributed by atoms with Gasteiger partial charge in [0.05, 0.1) is 17.8 Å². The molecule has 6 nitrogen and oxygen atoms in total. The fraction of sp³-hybridized carbons (Fsp3) is 0.167. The monoisotopic (exact) mass is 393 g/mol. The first-order valence-electron chi connectivity index (χ1n) is 7.77. The molecule has 0 aliphatic heterocycles. The van der Waals surface area contributed by atoms with E-state index in [2.05, 4.69) is 15.8 Å². The molecule has 0 heterocycles. The van der Waals surface area contributed by atoms with Gasteiger partial charge in [-0.3, -0.25) is 9.59 Å². The van der Waals surface area contributed by atoms with E-state index >= 15 is 0 Å². The van der Waals surface area contributed by atoms with Crippen molar-refractivity contribution >= 4 is 46.9 Å². The van der Waals surface area contributed by atoms with Gasteiger partial charge >= 0.3 is 0 Å². The molecule has 0 spiro atoms. The Morgan fingerprint density at radius 3 is 2.50 bits per heavy atom. The second-order valence-electron chi connectivity index (χ2n) is 5.14. The summed E-state index contributed by atoms with van der Waals surface area (Å²) < 4.78 is 5.32. The number of halogens is 2. The van der Waals surface area contributed by atoms with Gasteiger partial charge in [0.1, 0.15) is 12.2 Å². The van der Waals surface area contributed by atoms with E-state index in [1.807, 2.05) is 6.92 Å². The Morgan fingerprint density at radius 1 is 1.12 bits per heavy atom. The van der Waals surface area contributed by atoms with E-state index in [0.717, 1.165) is 0 Å². The van der Waals surface area contributed by atoms with Crippen LogP contribution in [-0.4, -0.2) is 24.6 Å². The summed E-state index contributed by atoms with van der Waals surface area (Å²) in [6.45, 7) is 2.45. The molecule has 0 unspecified atom stereocenters.